The predicted molar refractivity (Wildman–Crippen MR) is 96.6 cm³/mol. The second kappa shape index (κ2) is 8.11. The van der Waals surface area contributed by atoms with E-state index in [0.29, 0.717) is 5.15 Å². The molecule has 2 heterocycles. The van der Waals surface area contributed by atoms with Gasteiger partial charge in [-0.25, -0.2) is 0 Å². The molecule has 0 unspecified atom stereocenters. The van der Waals surface area contributed by atoms with Gasteiger partial charge in [-0.2, -0.15) is 5.10 Å². The van der Waals surface area contributed by atoms with E-state index in [4.69, 9.17) is 11.6 Å². The van der Waals surface area contributed by atoms with Crippen molar-refractivity contribution >= 4 is 23.6 Å². The van der Waals surface area contributed by atoms with Gasteiger partial charge in [0.1, 0.15) is 5.15 Å². The summed E-state index contributed by atoms with van der Waals surface area (Å²) in [5.41, 5.74) is 2.47. The Bertz CT molecular complexity index is 724. The molecule has 0 aliphatic carbocycles. The first-order valence-electron chi connectivity index (χ1n) is 8.00. The fourth-order valence-electron chi connectivity index (χ4n) is 2.65. The minimum atomic E-state index is -0.0848. The number of hydrogen-bond acceptors (Lipinski definition) is 3. The van der Waals surface area contributed by atoms with Crippen molar-refractivity contribution in [2.24, 2.45) is 7.05 Å². The lowest BCUT2D eigenvalue weighted by Crippen LogP contribution is -2.30. The van der Waals surface area contributed by atoms with Crippen molar-refractivity contribution in [3.8, 4) is 0 Å². The van der Waals surface area contributed by atoms with Gasteiger partial charge >= 0.3 is 0 Å². The third kappa shape index (κ3) is 4.03. The summed E-state index contributed by atoms with van der Waals surface area (Å²) in [6, 6.07) is 5.73. The molecule has 0 radical (unpaired) electrons. The van der Waals surface area contributed by atoms with E-state index in [0.717, 1.165) is 29.8 Å². The molecule has 128 valence electrons. The molecule has 2 aromatic heterocycles. The Labute approximate surface area is 147 Å². The van der Waals surface area contributed by atoms with E-state index in [1.54, 1.807) is 42.0 Å². The molecule has 0 aliphatic rings. The molecule has 1 atom stereocenters. The quantitative estimate of drug-likeness (QED) is 0.748. The molecule has 24 heavy (non-hydrogen) atoms. The highest BCUT2D eigenvalue weighted by Gasteiger charge is 2.20. The first-order chi connectivity index (χ1) is 11.5. The Morgan fingerprint density at radius 2 is 2.21 bits per heavy atom. The average molecular weight is 347 g/mol. The van der Waals surface area contributed by atoms with Crippen LogP contribution in [0, 0.1) is 6.92 Å². The van der Waals surface area contributed by atoms with Gasteiger partial charge in [-0.1, -0.05) is 31.0 Å². The van der Waals surface area contributed by atoms with E-state index in [-0.39, 0.29) is 11.9 Å². The highest BCUT2D eigenvalue weighted by atomic mass is 35.5. The molecular weight excluding hydrogens is 324 g/mol. The van der Waals surface area contributed by atoms with Crippen molar-refractivity contribution in [1.29, 1.82) is 0 Å². The summed E-state index contributed by atoms with van der Waals surface area (Å²) in [5, 5.41) is 4.77. The molecule has 0 N–H and O–H groups in total. The molecule has 0 saturated heterocycles. The molecule has 2 rings (SSSR count). The number of pyridine rings is 1. The summed E-state index contributed by atoms with van der Waals surface area (Å²) in [6.07, 6.45) is 6.85. The van der Waals surface area contributed by atoms with Gasteiger partial charge in [-0.05, 0) is 31.6 Å². The number of amides is 1. The van der Waals surface area contributed by atoms with Crippen LogP contribution in [-0.4, -0.2) is 32.6 Å². The van der Waals surface area contributed by atoms with Crippen LogP contribution in [0.2, 0.25) is 5.15 Å². The van der Waals surface area contributed by atoms with Gasteiger partial charge < -0.3 is 4.90 Å². The molecule has 1 amide bonds. The second-order valence-corrected chi connectivity index (χ2v) is 6.11. The number of hydrogen-bond donors (Lipinski definition) is 0. The smallest absolute Gasteiger partial charge is 0.246 e. The van der Waals surface area contributed by atoms with E-state index in [1.807, 2.05) is 25.1 Å². The average Bonchev–Trinajstić information content (AvgIpc) is 2.83. The molecule has 5 nitrogen and oxygen atoms in total. The van der Waals surface area contributed by atoms with Gasteiger partial charge in [0.25, 0.3) is 0 Å². The summed E-state index contributed by atoms with van der Waals surface area (Å²) < 4.78 is 1.60. The van der Waals surface area contributed by atoms with Gasteiger partial charge in [0.2, 0.25) is 5.91 Å². The SMILES string of the molecule is CCC[C@@H](c1ccccn1)N(C)C(=O)/C=C\c1c(C)nn(C)c1Cl. The van der Waals surface area contributed by atoms with Crippen LogP contribution in [-0.2, 0) is 11.8 Å². The van der Waals surface area contributed by atoms with Crippen LogP contribution in [0.4, 0.5) is 0 Å². The van der Waals surface area contributed by atoms with Gasteiger partial charge in [0, 0.05) is 31.9 Å². The Morgan fingerprint density at radius 3 is 2.75 bits per heavy atom. The number of aromatic nitrogens is 3. The number of nitrogens with zero attached hydrogens (tertiary/aromatic N) is 4. The molecular formula is C18H23ClN4O. The number of halogens is 1. The van der Waals surface area contributed by atoms with Crippen LogP contribution >= 0.6 is 11.6 Å². The molecule has 0 spiro atoms. The summed E-state index contributed by atoms with van der Waals surface area (Å²) in [7, 11) is 3.58. The van der Waals surface area contributed by atoms with E-state index in [9.17, 15) is 4.79 Å². The van der Waals surface area contributed by atoms with E-state index < -0.39 is 0 Å². The van der Waals surface area contributed by atoms with Crippen LogP contribution in [0.1, 0.15) is 42.8 Å². The minimum Gasteiger partial charge on any atom is -0.334 e. The summed E-state index contributed by atoms with van der Waals surface area (Å²) in [4.78, 5) is 18.7. The lowest BCUT2D eigenvalue weighted by molar-refractivity contribution is -0.127. The topological polar surface area (TPSA) is 51.0 Å². The van der Waals surface area contributed by atoms with Crippen molar-refractivity contribution in [2.45, 2.75) is 32.7 Å². The third-order valence-electron chi connectivity index (χ3n) is 4.00. The second-order valence-electron chi connectivity index (χ2n) is 5.76. The van der Waals surface area contributed by atoms with Crippen LogP contribution in [0.25, 0.3) is 6.08 Å². The number of carbonyl (C=O) groups is 1. The van der Waals surface area contributed by atoms with Crippen molar-refractivity contribution in [3.05, 3.63) is 52.6 Å². The highest BCUT2D eigenvalue weighted by molar-refractivity contribution is 6.31. The molecule has 0 aromatic carbocycles. The first kappa shape index (κ1) is 18.2. The van der Waals surface area contributed by atoms with Crippen LogP contribution in [0.3, 0.4) is 0 Å². The molecule has 0 fully saturated rings. The van der Waals surface area contributed by atoms with Crippen molar-refractivity contribution in [1.82, 2.24) is 19.7 Å². The Kier molecular flexibility index (Phi) is 6.15. The van der Waals surface area contributed by atoms with Crippen LogP contribution < -0.4 is 0 Å². The zero-order valence-electron chi connectivity index (χ0n) is 14.5. The fraction of sp³-hybridized carbons (Fsp3) is 0.389. The highest BCUT2D eigenvalue weighted by Crippen LogP contribution is 2.24. The zero-order chi connectivity index (χ0) is 17.7. The Morgan fingerprint density at radius 1 is 1.46 bits per heavy atom. The standard InChI is InChI=1S/C18H23ClN4O/c1-5-8-16(15-9-6-7-12-20-15)22(3)17(24)11-10-14-13(2)21-23(4)18(14)19/h6-7,9-12,16H,5,8H2,1-4H3/b11-10-/t16-/m0/s1. The minimum absolute atomic E-state index is 0.0428. The van der Waals surface area contributed by atoms with Crippen molar-refractivity contribution < 1.29 is 4.79 Å². The molecule has 0 bridgehead atoms. The number of carbonyl (C=O) groups excluding carboxylic acids is 1. The summed E-state index contributed by atoms with van der Waals surface area (Å²) in [5.74, 6) is -0.0848. The van der Waals surface area contributed by atoms with Gasteiger partial charge in [-0.3, -0.25) is 14.5 Å². The van der Waals surface area contributed by atoms with Gasteiger partial charge in [-0.15, -0.1) is 0 Å². The van der Waals surface area contributed by atoms with E-state index in [2.05, 4.69) is 17.0 Å². The predicted octanol–water partition coefficient (Wildman–Crippen LogP) is 3.79. The van der Waals surface area contributed by atoms with Crippen LogP contribution in [0.5, 0.6) is 0 Å². The molecule has 0 aliphatic heterocycles. The summed E-state index contributed by atoms with van der Waals surface area (Å²) >= 11 is 6.20. The lowest BCUT2D eigenvalue weighted by Gasteiger charge is -2.26. The first-order valence-corrected chi connectivity index (χ1v) is 8.38. The Balaban J connectivity index is 2.19. The van der Waals surface area contributed by atoms with Crippen molar-refractivity contribution in [3.63, 3.8) is 0 Å². The molecule has 6 heteroatoms. The van der Waals surface area contributed by atoms with E-state index >= 15 is 0 Å². The van der Waals surface area contributed by atoms with Gasteiger partial charge in [0.15, 0.2) is 0 Å². The number of rotatable bonds is 6. The third-order valence-corrected chi connectivity index (χ3v) is 4.44. The maximum absolute atomic E-state index is 12.6. The Hall–Kier alpha value is -2.14. The monoisotopic (exact) mass is 346 g/mol. The maximum Gasteiger partial charge on any atom is 0.246 e. The number of aryl methyl sites for hydroxylation is 2. The molecule has 2 aromatic rings. The molecule has 0 saturated carbocycles. The lowest BCUT2D eigenvalue weighted by atomic mass is 10.1. The van der Waals surface area contributed by atoms with Crippen molar-refractivity contribution in [2.75, 3.05) is 7.05 Å². The zero-order valence-corrected chi connectivity index (χ0v) is 15.3. The fourth-order valence-corrected chi connectivity index (χ4v) is 2.89. The van der Waals surface area contributed by atoms with Crippen LogP contribution in [0.15, 0.2) is 30.5 Å². The maximum atomic E-state index is 12.6. The van der Waals surface area contributed by atoms with E-state index in [1.165, 1.54) is 0 Å². The summed E-state index contributed by atoms with van der Waals surface area (Å²) in [6.45, 7) is 3.97. The number of likely N-dealkylation sites (N-methyl/N-ethyl adjacent to an activating group) is 1. The largest absolute Gasteiger partial charge is 0.334 e. The normalized spacial score (nSPS) is 12.5. The van der Waals surface area contributed by atoms with Gasteiger partial charge in [0.05, 0.1) is 17.4 Å².